The Hall–Kier alpha value is -1.24. The van der Waals surface area contributed by atoms with Crippen molar-refractivity contribution in [3.05, 3.63) is 48.4 Å². The van der Waals surface area contributed by atoms with Crippen LogP contribution in [0.25, 0.3) is 6.08 Å². The molecule has 0 fully saturated rings. The molecule has 3 rings (SSSR count). The van der Waals surface area contributed by atoms with Crippen molar-refractivity contribution in [1.82, 2.24) is 0 Å². The number of nitrogens with zero attached hydrogens (tertiary/aromatic N) is 1. The molecule has 3 heterocycles. The zero-order chi connectivity index (χ0) is 13.4. The third-order valence-electron chi connectivity index (χ3n) is 2.46. The maximum Gasteiger partial charge on any atom is 0.363 e. The van der Waals surface area contributed by atoms with Gasteiger partial charge in [0.2, 0.25) is 5.90 Å². The van der Waals surface area contributed by atoms with Gasteiger partial charge in [-0.25, -0.2) is 9.79 Å². The summed E-state index contributed by atoms with van der Waals surface area (Å²) in [6.45, 7) is 2.01. The van der Waals surface area contributed by atoms with Gasteiger partial charge in [-0.1, -0.05) is 0 Å². The number of carbonyl (C=O) groups is 1. The molecule has 2 aromatic rings. The fourth-order valence-electron chi connectivity index (χ4n) is 1.62. The van der Waals surface area contributed by atoms with Gasteiger partial charge in [0.1, 0.15) is 0 Å². The van der Waals surface area contributed by atoms with Crippen LogP contribution in [-0.4, -0.2) is 11.9 Å². The quantitative estimate of drug-likeness (QED) is 0.598. The SMILES string of the molecule is Cc1ccc(C2=N/C(=C\c3csc(Br)c3)C(=O)O2)s1. The maximum atomic E-state index is 11.8. The highest BCUT2D eigenvalue weighted by atomic mass is 79.9. The first kappa shape index (κ1) is 12.8. The van der Waals surface area contributed by atoms with Crippen LogP contribution in [0.15, 0.2) is 38.1 Å². The maximum absolute atomic E-state index is 11.8. The van der Waals surface area contributed by atoms with Crippen LogP contribution in [0.4, 0.5) is 0 Å². The molecule has 0 aromatic carbocycles. The van der Waals surface area contributed by atoms with Gasteiger partial charge in [-0.2, -0.15) is 0 Å². The van der Waals surface area contributed by atoms with Gasteiger partial charge in [-0.3, -0.25) is 0 Å². The molecule has 0 spiro atoms. The molecule has 0 N–H and O–H groups in total. The van der Waals surface area contributed by atoms with Gasteiger partial charge in [0.05, 0.1) is 8.66 Å². The molecule has 0 amide bonds. The molecule has 0 radical (unpaired) electrons. The Morgan fingerprint density at radius 3 is 2.89 bits per heavy atom. The summed E-state index contributed by atoms with van der Waals surface area (Å²) < 4.78 is 6.21. The van der Waals surface area contributed by atoms with Crippen molar-refractivity contribution >= 4 is 56.5 Å². The van der Waals surface area contributed by atoms with Gasteiger partial charge in [0, 0.05) is 4.88 Å². The van der Waals surface area contributed by atoms with Crippen LogP contribution in [0.2, 0.25) is 0 Å². The van der Waals surface area contributed by atoms with E-state index in [1.54, 1.807) is 28.7 Å². The van der Waals surface area contributed by atoms with Crippen molar-refractivity contribution in [3.8, 4) is 0 Å². The van der Waals surface area contributed by atoms with Crippen molar-refractivity contribution in [2.75, 3.05) is 0 Å². The molecule has 3 nitrogen and oxygen atoms in total. The monoisotopic (exact) mass is 353 g/mol. The fourth-order valence-corrected chi connectivity index (χ4v) is 3.55. The number of aliphatic imine (C=N–C) groups is 1. The van der Waals surface area contributed by atoms with E-state index in [0.29, 0.717) is 11.6 Å². The number of carbonyl (C=O) groups excluding carboxylic acids is 1. The minimum absolute atomic E-state index is 0.339. The Kier molecular flexibility index (Phi) is 3.38. The van der Waals surface area contributed by atoms with E-state index in [0.717, 1.165) is 19.1 Å². The summed E-state index contributed by atoms with van der Waals surface area (Å²) in [5.41, 5.74) is 1.28. The number of aryl methyl sites for hydroxylation is 1. The summed E-state index contributed by atoms with van der Waals surface area (Å²) in [4.78, 5) is 18.1. The lowest BCUT2D eigenvalue weighted by atomic mass is 10.3. The largest absolute Gasteiger partial charge is 0.401 e. The number of hydrogen-bond donors (Lipinski definition) is 0. The van der Waals surface area contributed by atoms with E-state index in [1.807, 2.05) is 30.5 Å². The Morgan fingerprint density at radius 2 is 2.26 bits per heavy atom. The first-order valence-corrected chi connectivity index (χ1v) is 7.94. The average molecular weight is 354 g/mol. The molecule has 1 aliphatic rings. The third-order valence-corrected chi connectivity index (χ3v) is 4.97. The second kappa shape index (κ2) is 5.03. The normalized spacial score (nSPS) is 16.8. The minimum atomic E-state index is -0.400. The zero-order valence-electron chi connectivity index (χ0n) is 9.84. The number of ether oxygens (including phenoxy) is 1. The van der Waals surface area contributed by atoms with Crippen LogP contribution in [0.1, 0.15) is 15.3 Å². The van der Waals surface area contributed by atoms with E-state index in [9.17, 15) is 4.79 Å². The van der Waals surface area contributed by atoms with Crippen LogP contribution in [-0.2, 0) is 9.53 Å². The third kappa shape index (κ3) is 2.70. The summed E-state index contributed by atoms with van der Waals surface area (Å²) in [6, 6.07) is 5.83. The van der Waals surface area contributed by atoms with Gasteiger partial charge >= 0.3 is 5.97 Å². The fraction of sp³-hybridized carbons (Fsp3) is 0.0769. The van der Waals surface area contributed by atoms with Crippen molar-refractivity contribution < 1.29 is 9.53 Å². The van der Waals surface area contributed by atoms with Crippen molar-refractivity contribution in [1.29, 1.82) is 0 Å². The minimum Gasteiger partial charge on any atom is -0.401 e. The summed E-state index contributed by atoms with van der Waals surface area (Å²) in [7, 11) is 0. The Labute approximate surface area is 126 Å². The summed E-state index contributed by atoms with van der Waals surface area (Å²) in [5.74, 6) is -0.00739. The summed E-state index contributed by atoms with van der Waals surface area (Å²) in [6.07, 6.45) is 1.73. The van der Waals surface area contributed by atoms with E-state index in [4.69, 9.17) is 4.74 Å². The van der Waals surface area contributed by atoms with Crippen LogP contribution in [0, 0.1) is 6.92 Å². The van der Waals surface area contributed by atoms with E-state index >= 15 is 0 Å². The van der Waals surface area contributed by atoms with Crippen LogP contribution in [0.5, 0.6) is 0 Å². The predicted molar refractivity (Wildman–Crippen MR) is 81.7 cm³/mol. The average Bonchev–Trinajstić information content (AvgIpc) is 3.03. The van der Waals surface area contributed by atoms with Crippen LogP contribution in [0.3, 0.4) is 0 Å². The van der Waals surface area contributed by atoms with E-state index in [1.165, 1.54) is 0 Å². The molecule has 96 valence electrons. The van der Waals surface area contributed by atoms with Crippen LogP contribution < -0.4 is 0 Å². The van der Waals surface area contributed by atoms with Crippen molar-refractivity contribution in [2.24, 2.45) is 4.99 Å². The van der Waals surface area contributed by atoms with Gasteiger partial charge in [0.25, 0.3) is 0 Å². The Morgan fingerprint density at radius 1 is 1.42 bits per heavy atom. The van der Waals surface area contributed by atoms with Gasteiger partial charge < -0.3 is 4.74 Å². The number of halogens is 1. The molecule has 19 heavy (non-hydrogen) atoms. The summed E-state index contributed by atoms with van der Waals surface area (Å²) >= 11 is 6.51. The highest BCUT2D eigenvalue weighted by Gasteiger charge is 2.25. The lowest BCUT2D eigenvalue weighted by molar-refractivity contribution is -0.129. The standard InChI is InChI=1S/C13H8BrNO2S2/c1-7-2-3-10(19-7)12-15-9(13(16)17-12)4-8-5-11(14)18-6-8/h2-6H,1H3/b9-4-. The number of hydrogen-bond acceptors (Lipinski definition) is 5. The Balaban J connectivity index is 1.93. The van der Waals surface area contributed by atoms with Crippen LogP contribution >= 0.6 is 38.6 Å². The topological polar surface area (TPSA) is 38.7 Å². The van der Waals surface area contributed by atoms with E-state index < -0.39 is 5.97 Å². The second-order valence-electron chi connectivity index (χ2n) is 3.93. The highest BCUT2D eigenvalue weighted by Crippen LogP contribution is 2.26. The molecule has 0 saturated carbocycles. The molecule has 6 heteroatoms. The molecule has 0 unspecified atom stereocenters. The molecule has 0 saturated heterocycles. The van der Waals surface area contributed by atoms with Gasteiger partial charge in [-0.15, -0.1) is 22.7 Å². The number of cyclic esters (lactones) is 1. The Bertz CT molecular complexity index is 712. The van der Waals surface area contributed by atoms with Crippen molar-refractivity contribution in [2.45, 2.75) is 6.92 Å². The first-order chi connectivity index (χ1) is 9.11. The summed E-state index contributed by atoms with van der Waals surface area (Å²) in [5, 5.41) is 1.95. The lowest BCUT2D eigenvalue weighted by Crippen LogP contribution is -2.03. The van der Waals surface area contributed by atoms with E-state index in [2.05, 4.69) is 20.9 Å². The molecule has 2 aromatic heterocycles. The predicted octanol–water partition coefficient (Wildman–Crippen LogP) is 4.23. The lowest BCUT2D eigenvalue weighted by Gasteiger charge is -1.92. The van der Waals surface area contributed by atoms with Crippen molar-refractivity contribution in [3.63, 3.8) is 0 Å². The smallest absolute Gasteiger partial charge is 0.363 e. The number of rotatable bonds is 2. The highest BCUT2D eigenvalue weighted by molar-refractivity contribution is 9.11. The molecular formula is C13H8BrNO2S2. The molecule has 0 bridgehead atoms. The first-order valence-electron chi connectivity index (χ1n) is 5.45. The molecular weight excluding hydrogens is 346 g/mol. The molecule has 1 aliphatic heterocycles. The zero-order valence-corrected chi connectivity index (χ0v) is 13.1. The molecule has 0 atom stereocenters. The van der Waals surface area contributed by atoms with Gasteiger partial charge in [-0.05, 0) is 58.1 Å². The number of thiophene rings is 2. The van der Waals surface area contributed by atoms with Gasteiger partial charge in [0.15, 0.2) is 5.70 Å². The second-order valence-corrected chi connectivity index (χ2v) is 7.51. The number of esters is 1. The molecule has 0 aliphatic carbocycles. The van der Waals surface area contributed by atoms with E-state index in [-0.39, 0.29) is 0 Å².